The van der Waals surface area contributed by atoms with E-state index in [9.17, 15) is 0 Å². The van der Waals surface area contributed by atoms with Crippen LogP contribution >= 0.6 is 0 Å². The third-order valence-corrected chi connectivity index (χ3v) is 2.64. The van der Waals surface area contributed by atoms with Crippen LogP contribution in [0.3, 0.4) is 0 Å². The summed E-state index contributed by atoms with van der Waals surface area (Å²) in [4.78, 5) is 0. The molecule has 2 aromatic rings. The molecular weight excluding hydrogens is 232 g/mol. The Balaban J connectivity index is 0.00000144. The molecule has 0 spiro atoms. The summed E-state index contributed by atoms with van der Waals surface area (Å²) in [5.74, 6) is 0. The minimum absolute atomic E-state index is 0. The molecule has 0 saturated heterocycles. The number of nitrogens with zero attached hydrogens (tertiary/aromatic N) is 1. The fraction of sp³-hybridized carbons (Fsp3) is 0.214. The van der Waals surface area contributed by atoms with Crippen LogP contribution in [0.2, 0.25) is 0 Å². The van der Waals surface area contributed by atoms with Crippen molar-refractivity contribution in [1.29, 1.82) is 0 Å². The molecule has 1 heterocycles. The Hall–Kier alpha value is -1.54. The topological polar surface area (TPSA) is 29.9 Å². The van der Waals surface area contributed by atoms with Crippen LogP contribution in [0.1, 0.15) is 12.0 Å². The van der Waals surface area contributed by atoms with Gasteiger partial charge in [0.2, 0.25) is 0 Å². The van der Waals surface area contributed by atoms with Crippen molar-refractivity contribution in [1.82, 2.24) is 0 Å². The summed E-state index contributed by atoms with van der Waals surface area (Å²) in [6.07, 6.45) is 6.33. The summed E-state index contributed by atoms with van der Waals surface area (Å²) >= 11 is 0. The van der Waals surface area contributed by atoms with Gasteiger partial charge in [-0.05, 0) is 12.0 Å². The summed E-state index contributed by atoms with van der Waals surface area (Å²) < 4.78 is 2.17. The van der Waals surface area contributed by atoms with Gasteiger partial charge in [0.05, 0.1) is 0 Å². The minimum atomic E-state index is 0. The first-order valence-electron chi connectivity index (χ1n) is 5.63. The van der Waals surface area contributed by atoms with Crippen LogP contribution in [0, 0.1) is 0 Å². The Kier molecular flexibility index (Phi) is 5.50. The minimum Gasteiger partial charge on any atom is -1.00 e. The van der Waals surface area contributed by atoms with Crippen molar-refractivity contribution in [3.8, 4) is 0 Å². The Bertz CT molecular complexity index is 426. The van der Waals surface area contributed by atoms with Crippen LogP contribution in [-0.2, 0) is 13.0 Å². The highest BCUT2D eigenvalue weighted by Gasteiger charge is 1.99. The zero-order chi connectivity index (χ0) is 11.2. The molecule has 0 radical (unpaired) electrons. The van der Waals surface area contributed by atoms with Gasteiger partial charge in [-0.1, -0.05) is 30.3 Å². The van der Waals surface area contributed by atoms with E-state index < -0.39 is 0 Å². The molecule has 2 nitrogen and oxygen atoms in total. The van der Waals surface area contributed by atoms with Gasteiger partial charge < -0.3 is 18.1 Å². The van der Waals surface area contributed by atoms with E-state index in [1.807, 2.05) is 24.5 Å². The van der Waals surface area contributed by atoms with E-state index in [-0.39, 0.29) is 12.4 Å². The molecule has 0 aliphatic rings. The molecule has 0 saturated carbocycles. The standard InChI is InChI=1S/C14H16N2.ClH/c15-14-8-11-16(12-9-14)10-4-7-13-5-2-1-3-6-13;/h1-3,5-6,8-9,11-12,15H,4,7,10H2;1H. The molecule has 17 heavy (non-hydrogen) atoms. The van der Waals surface area contributed by atoms with Crippen LogP contribution in [0.5, 0.6) is 0 Å². The van der Waals surface area contributed by atoms with Crippen LogP contribution in [-0.4, -0.2) is 0 Å². The van der Waals surface area contributed by atoms with Crippen molar-refractivity contribution in [2.75, 3.05) is 5.73 Å². The first-order chi connectivity index (χ1) is 7.84. The number of hydrogen-bond acceptors (Lipinski definition) is 1. The van der Waals surface area contributed by atoms with Crippen LogP contribution in [0.15, 0.2) is 54.9 Å². The van der Waals surface area contributed by atoms with E-state index >= 15 is 0 Å². The van der Waals surface area contributed by atoms with Crippen LogP contribution in [0.25, 0.3) is 0 Å². The summed E-state index contributed by atoms with van der Waals surface area (Å²) in [6, 6.07) is 14.4. The molecule has 0 bridgehead atoms. The van der Waals surface area contributed by atoms with Crippen LogP contribution in [0.4, 0.5) is 5.69 Å². The molecular formula is C14H17ClN2. The number of hydrogen-bond donors (Lipinski definition) is 1. The van der Waals surface area contributed by atoms with Crippen molar-refractivity contribution in [3.05, 3.63) is 60.4 Å². The van der Waals surface area contributed by atoms with Gasteiger partial charge in [-0.2, -0.15) is 0 Å². The average Bonchev–Trinajstić information content (AvgIpc) is 2.33. The number of aryl methyl sites for hydroxylation is 2. The zero-order valence-electron chi connectivity index (χ0n) is 9.72. The van der Waals surface area contributed by atoms with Crippen molar-refractivity contribution < 1.29 is 17.0 Å². The Labute approximate surface area is 109 Å². The molecule has 2 rings (SSSR count). The third-order valence-electron chi connectivity index (χ3n) is 2.64. The molecule has 0 aliphatic heterocycles. The highest BCUT2D eigenvalue weighted by molar-refractivity contribution is 5.32. The van der Waals surface area contributed by atoms with Gasteiger partial charge in [-0.25, -0.2) is 4.57 Å². The first-order valence-corrected chi connectivity index (χ1v) is 5.63. The summed E-state index contributed by atoms with van der Waals surface area (Å²) in [6.45, 7) is 1.04. The van der Waals surface area contributed by atoms with Gasteiger partial charge in [-0.3, -0.25) is 0 Å². The lowest BCUT2D eigenvalue weighted by Gasteiger charge is -1.99. The second kappa shape index (κ2) is 6.92. The predicted molar refractivity (Wildman–Crippen MR) is 65.8 cm³/mol. The van der Waals surface area contributed by atoms with Gasteiger partial charge >= 0.3 is 0 Å². The number of rotatable bonds is 4. The average molecular weight is 249 g/mol. The lowest BCUT2D eigenvalue weighted by Crippen LogP contribution is -3.00. The van der Waals surface area contributed by atoms with Gasteiger partial charge in [0.15, 0.2) is 12.4 Å². The van der Waals surface area contributed by atoms with Crippen molar-refractivity contribution in [2.24, 2.45) is 0 Å². The normalized spacial score (nSPS) is 9.65. The highest BCUT2D eigenvalue weighted by Crippen LogP contribution is 2.02. The lowest BCUT2D eigenvalue weighted by atomic mass is 10.1. The molecule has 90 valence electrons. The maximum absolute atomic E-state index is 5.63. The first kappa shape index (κ1) is 13.5. The summed E-state index contributed by atoms with van der Waals surface area (Å²) in [7, 11) is 0. The molecule has 3 heteroatoms. The molecule has 1 aromatic carbocycles. The summed E-state index contributed by atoms with van der Waals surface area (Å²) in [5, 5.41) is 0. The van der Waals surface area contributed by atoms with E-state index in [4.69, 9.17) is 5.73 Å². The van der Waals surface area contributed by atoms with E-state index in [1.54, 1.807) is 0 Å². The number of nitrogen functional groups attached to an aromatic ring is 1. The second-order valence-electron chi connectivity index (χ2n) is 3.96. The van der Waals surface area contributed by atoms with Crippen molar-refractivity contribution in [3.63, 3.8) is 0 Å². The van der Waals surface area contributed by atoms with Gasteiger partial charge in [0.1, 0.15) is 6.54 Å². The van der Waals surface area contributed by atoms with E-state index in [2.05, 4.69) is 34.9 Å². The maximum Gasteiger partial charge on any atom is 0.170 e. The molecule has 0 aliphatic carbocycles. The zero-order valence-corrected chi connectivity index (χ0v) is 10.5. The van der Waals surface area contributed by atoms with E-state index in [1.165, 1.54) is 5.56 Å². The molecule has 0 atom stereocenters. The maximum atomic E-state index is 5.63. The van der Waals surface area contributed by atoms with E-state index in [0.717, 1.165) is 25.1 Å². The Morgan fingerprint density at radius 2 is 1.59 bits per heavy atom. The van der Waals surface area contributed by atoms with Gasteiger partial charge in [0, 0.05) is 24.2 Å². The smallest absolute Gasteiger partial charge is 0.170 e. The molecule has 0 unspecified atom stereocenters. The van der Waals surface area contributed by atoms with Crippen molar-refractivity contribution in [2.45, 2.75) is 19.4 Å². The van der Waals surface area contributed by atoms with Gasteiger partial charge in [0.25, 0.3) is 0 Å². The van der Waals surface area contributed by atoms with Crippen LogP contribution < -0.4 is 22.7 Å². The molecule has 2 N–H and O–H groups in total. The fourth-order valence-electron chi connectivity index (χ4n) is 1.73. The fourth-order valence-corrected chi connectivity index (χ4v) is 1.73. The lowest BCUT2D eigenvalue weighted by molar-refractivity contribution is -0.697. The molecule has 0 fully saturated rings. The number of nitrogens with two attached hydrogens (primary N) is 1. The largest absolute Gasteiger partial charge is 1.00 e. The molecule has 0 amide bonds. The monoisotopic (exact) mass is 248 g/mol. The molecule has 1 aromatic heterocycles. The number of halogens is 1. The highest BCUT2D eigenvalue weighted by atomic mass is 35.5. The Morgan fingerprint density at radius 3 is 2.24 bits per heavy atom. The van der Waals surface area contributed by atoms with Gasteiger partial charge in [-0.15, -0.1) is 0 Å². The third kappa shape index (κ3) is 4.45. The quantitative estimate of drug-likeness (QED) is 0.705. The number of benzene rings is 1. The van der Waals surface area contributed by atoms with Crippen molar-refractivity contribution >= 4 is 5.69 Å². The van der Waals surface area contributed by atoms with E-state index in [0.29, 0.717) is 0 Å². The number of anilines is 1. The number of pyridine rings is 1. The number of aromatic nitrogens is 1. The Morgan fingerprint density at radius 1 is 0.941 bits per heavy atom. The second-order valence-corrected chi connectivity index (χ2v) is 3.96. The predicted octanol–water partition coefficient (Wildman–Crippen LogP) is -0.807. The summed E-state index contributed by atoms with van der Waals surface area (Å²) in [5.41, 5.74) is 7.85. The SMILES string of the molecule is Nc1cc[n+](CCCc2ccccc2)cc1.[Cl-].